The van der Waals surface area contributed by atoms with Crippen LogP contribution in [0.1, 0.15) is 30.5 Å². The van der Waals surface area contributed by atoms with Gasteiger partial charge >= 0.3 is 0 Å². The van der Waals surface area contributed by atoms with Gasteiger partial charge in [0.15, 0.2) is 0 Å². The maximum absolute atomic E-state index is 4.26. The molecule has 18 heavy (non-hydrogen) atoms. The molecule has 0 radical (unpaired) electrons. The molecule has 0 aromatic carbocycles. The number of halogens is 2. The van der Waals surface area contributed by atoms with Gasteiger partial charge < -0.3 is 5.32 Å². The fraction of sp³-hybridized carbons (Fsp3) is 0.417. The summed E-state index contributed by atoms with van der Waals surface area (Å²) >= 11 is 8.87. The number of hydrogen-bond donors (Lipinski definition) is 1. The molecule has 0 fully saturated rings. The molecule has 0 amide bonds. The van der Waals surface area contributed by atoms with Crippen LogP contribution in [0, 0.1) is 0 Å². The van der Waals surface area contributed by atoms with Crippen molar-refractivity contribution in [1.82, 2.24) is 15.1 Å². The SMILES string of the molecule is CCCNC(c1cnn(C)c1)c1cc(Br)sc1Br. The van der Waals surface area contributed by atoms with Gasteiger partial charge in [0.1, 0.15) is 0 Å². The second kappa shape index (κ2) is 6.32. The summed E-state index contributed by atoms with van der Waals surface area (Å²) in [6.45, 7) is 3.16. The summed E-state index contributed by atoms with van der Waals surface area (Å²) in [6, 6.07) is 2.35. The highest BCUT2D eigenvalue weighted by Gasteiger charge is 2.19. The lowest BCUT2D eigenvalue weighted by molar-refractivity contribution is 0.598. The molecule has 1 atom stereocenters. The highest BCUT2D eigenvalue weighted by molar-refractivity contribution is 9.12. The first kappa shape index (κ1) is 14.2. The van der Waals surface area contributed by atoms with Gasteiger partial charge in [-0.25, -0.2) is 0 Å². The van der Waals surface area contributed by atoms with E-state index in [4.69, 9.17) is 0 Å². The predicted octanol–water partition coefficient (Wildman–Crippen LogP) is 4.10. The van der Waals surface area contributed by atoms with Crippen molar-refractivity contribution in [2.24, 2.45) is 7.05 Å². The first-order valence-electron chi connectivity index (χ1n) is 5.78. The van der Waals surface area contributed by atoms with E-state index in [0.29, 0.717) is 0 Å². The van der Waals surface area contributed by atoms with Crippen LogP contribution in [0.25, 0.3) is 0 Å². The Balaban J connectivity index is 2.33. The molecule has 2 heterocycles. The number of aryl methyl sites for hydroxylation is 1. The lowest BCUT2D eigenvalue weighted by Gasteiger charge is -2.16. The van der Waals surface area contributed by atoms with E-state index in [1.54, 1.807) is 11.3 Å². The van der Waals surface area contributed by atoms with Crippen LogP contribution < -0.4 is 5.32 Å². The number of nitrogens with one attached hydrogen (secondary N) is 1. The standard InChI is InChI=1S/C12H15Br2N3S/c1-3-4-15-11(8-6-16-17(2)7-8)9-5-10(13)18-12(9)14/h5-7,11,15H,3-4H2,1-2H3. The van der Waals surface area contributed by atoms with E-state index in [0.717, 1.165) is 20.5 Å². The largest absolute Gasteiger partial charge is 0.306 e. The Morgan fingerprint density at radius 1 is 1.50 bits per heavy atom. The molecular formula is C12H15Br2N3S. The molecule has 2 rings (SSSR count). The van der Waals surface area contributed by atoms with E-state index >= 15 is 0 Å². The Morgan fingerprint density at radius 2 is 2.28 bits per heavy atom. The molecule has 0 saturated carbocycles. The van der Waals surface area contributed by atoms with E-state index in [9.17, 15) is 0 Å². The molecule has 0 aliphatic heterocycles. The molecular weight excluding hydrogens is 378 g/mol. The summed E-state index contributed by atoms with van der Waals surface area (Å²) in [5, 5.41) is 7.83. The lowest BCUT2D eigenvalue weighted by atomic mass is 10.1. The van der Waals surface area contributed by atoms with Crippen molar-refractivity contribution in [2.45, 2.75) is 19.4 Å². The second-order valence-electron chi connectivity index (χ2n) is 4.11. The monoisotopic (exact) mass is 391 g/mol. The minimum Gasteiger partial charge on any atom is -0.306 e. The third-order valence-corrected chi connectivity index (χ3v) is 5.04. The zero-order valence-electron chi connectivity index (χ0n) is 10.3. The molecule has 6 heteroatoms. The topological polar surface area (TPSA) is 29.9 Å². The Bertz CT molecular complexity index is 521. The molecule has 3 nitrogen and oxygen atoms in total. The van der Waals surface area contributed by atoms with Crippen LogP contribution in [0.2, 0.25) is 0 Å². The van der Waals surface area contributed by atoms with Crippen molar-refractivity contribution in [3.8, 4) is 0 Å². The molecule has 0 spiro atoms. The van der Waals surface area contributed by atoms with Crippen molar-refractivity contribution in [3.63, 3.8) is 0 Å². The minimum absolute atomic E-state index is 0.190. The number of hydrogen-bond acceptors (Lipinski definition) is 3. The molecule has 2 aromatic rings. The minimum atomic E-state index is 0.190. The average molecular weight is 393 g/mol. The molecule has 1 N–H and O–H groups in total. The van der Waals surface area contributed by atoms with Crippen molar-refractivity contribution < 1.29 is 0 Å². The molecule has 0 saturated heterocycles. The molecule has 98 valence electrons. The lowest BCUT2D eigenvalue weighted by Crippen LogP contribution is -2.22. The third-order valence-electron chi connectivity index (χ3n) is 2.65. The zero-order valence-corrected chi connectivity index (χ0v) is 14.3. The van der Waals surface area contributed by atoms with Crippen LogP contribution >= 0.6 is 43.2 Å². The first-order chi connectivity index (χ1) is 8.61. The Labute approximate surface area is 128 Å². The fourth-order valence-corrected chi connectivity index (χ4v) is 4.74. The van der Waals surface area contributed by atoms with Gasteiger partial charge in [-0.05, 0) is 56.5 Å². The van der Waals surface area contributed by atoms with E-state index in [1.807, 2.05) is 17.9 Å². The van der Waals surface area contributed by atoms with Gasteiger partial charge in [0.25, 0.3) is 0 Å². The van der Waals surface area contributed by atoms with Gasteiger partial charge in [0, 0.05) is 18.8 Å². The van der Waals surface area contributed by atoms with Crippen molar-refractivity contribution in [2.75, 3.05) is 6.54 Å². The maximum atomic E-state index is 4.26. The van der Waals surface area contributed by atoms with E-state index < -0.39 is 0 Å². The predicted molar refractivity (Wildman–Crippen MR) is 83.1 cm³/mol. The highest BCUT2D eigenvalue weighted by atomic mass is 79.9. The highest BCUT2D eigenvalue weighted by Crippen LogP contribution is 2.37. The second-order valence-corrected chi connectivity index (χ2v) is 7.86. The van der Waals surface area contributed by atoms with Crippen LogP contribution in [0.3, 0.4) is 0 Å². The molecule has 0 aliphatic rings. The molecule has 2 aromatic heterocycles. The van der Waals surface area contributed by atoms with Crippen LogP contribution in [0.15, 0.2) is 26.0 Å². The molecule has 0 aliphatic carbocycles. The third kappa shape index (κ3) is 3.23. The zero-order chi connectivity index (χ0) is 13.1. The van der Waals surface area contributed by atoms with Gasteiger partial charge in [-0.1, -0.05) is 6.92 Å². The number of aromatic nitrogens is 2. The van der Waals surface area contributed by atoms with Crippen molar-refractivity contribution in [1.29, 1.82) is 0 Å². The van der Waals surface area contributed by atoms with Crippen LogP contribution in [0.4, 0.5) is 0 Å². The van der Waals surface area contributed by atoms with Gasteiger partial charge in [-0.2, -0.15) is 5.10 Å². The number of thiophene rings is 1. The van der Waals surface area contributed by atoms with Gasteiger partial charge in [-0.15, -0.1) is 11.3 Å². The van der Waals surface area contributed by atoms with Crippen LogP contribution in [-0.4, -0.2) is 16.3 Å². The van der Waals surface area contributed by atoms with E-state index in [1.165, 1.54) is 11.1 Å². The average Bonchev–Trinajstić information content (AvgIpc) is 2.87. The van der Waals surface area contributed by atoms with E-state index in [-0.39, 0.29) is 6.04 Å². The van der Waals surface area contributed by atoms with Crippen LogP contribution in [0.5, 0.6) is 0 Å². The summed E-state index contributed by atoms with van der Waals surface area (Å²) in [5.74, 6) is 0. The van der Waals surface area contributed by atoms with Gasteiger partial charge in [-0.3, -0.25) is 4.68 Å². The smallest absolute Gasteiger partial charge is 0.0761 e. The number of nitrogens with zero attached hydrogens (tertiary/aromatic N) is 2. The Hall–Kier alpha value is -0.170. The van der Waals surface area contributed by atoms with Gasteiger partial charge in [0.2, 0.25) is 0 Å². The Kier molecular flexibility index (Phi) is 5.00. The first-order valence-corrected chi connectivity index (χ1v) is 8.18. The molecule has 0 bridgehead atoms. The number of rotatable bonds is 5. The normalized spacial score (nSPS) is 12.9. The quantitative estimate of drug-likeness (QED) is 0.830. The Morgan fingerprint density at radius 3 is 2.78 bits per heavy atom. The summed E-state index contributed by atoms with van der Waals surface area (Å²) < 4.78 is 4.13. The summed E-state index contributed by atoms with van der Waals surface area (Å²) in [4.78, 5) is 0. The maximum Gasteiger partial charge on any atom is 0.0761 e. The molecule has 1 unspecified atom stereocenters. The van der Waals surface area contributed by atoms with Crippen LogP contribution in [-0.2, 0) is 7.05 Å². The fourth-order valence-electron chi connectivity index (χ4n) is 1.84. The summed E-state index contributed by atoms with van der Waals surface area (Å²) in [6.07, 6.45) is 5.09. The van der Waals surface area contributed by atoms with Crippen molar-refractivity contribution >= 4 is 43.2 Å². The van der Waals surface area contributed by atoms with Gasteiger partial charge in [0.05, 0.1) is 19.8 Å². The summed E-state index contributed by atoms with van der Waals surface area (Å²) in [7, 11) is 1.94. The summed E-state index contributed by atoms with van der Waals surface area (Å²) in [5.41, 5.74) is 2.45. The van der Waals surface area contributed by atoms with Crippen molar-refractivity contribution in [3.05, 3.63) is 37.2 Å². The van der Waals surface area contributed by atoms with E-state index in [2.05, 4.69) is 61.5 Å².